The van der Waals surface area contributed by atoms with Crippen molar-refractivity contribution in [3.05, 3.63) is 64.1 Å². The second kappa shape index (κ2) is 6.61. The van der Waals surface area contributed by atoms with Gasteiger partial charge in [-0.2, -0.15) is 26.3 Å². The molecule has 10 heteroatoms. The molecule has 1 heterocycles. The van der Waals surface area contributed by atoms with Crippen LogP contribution in [0.3, 0.4) is 0 Å². The molecule has 0 atom stereocenters. The summed E-state index contributed by atoms with van der Waals surface area (Å²) in [5.74, 6) is -0.944. The number of aromatic nitrogens is 1. The topological polar surface area (TPSA) is 51.1 Å². The van der Waals surface area contributed by atoms with Crippen molar-refractivity contribution in [1.82, 2.24) is 4.57 Å². The average Bonchev–Trinajstić information content (AvgIpc) is 2.47. The van der Waals surface area contributed by atoms with Crippen molar-refractivity contribution in [1.29, 1.82) is 0 Å². The van der Waals surface area contributed by atoms with Crippen molar-refractivity contribution < 1.29 is 31.1 Å². The number of carbonyl (C=O) groups is 1. The van der Waals surface area contributed by atoms with Gasteiger partial charge >= 0.3 is 12.4 Å². The lowest BCUT2D eigenvalue weighted by molar-refractivity contribution is -0.139. The summed E-state index contributed by atoms with van der Waals surface area (Å²) in [4.78, 5) is 23.5. The Balaban J connectivity index is 2.18. The second-order valence-corrected chi connectivity index (χ2v) is 4.98. The molecule has 0 fully saturated rings. The molecule has 0 aliphatic rings. The highest BCUT2D eigenvalue weighted by Gasteiger charge is 2.34. The monoisotopic (exact) mass is 364 g/mol. The van der Waals surface area contributed by atoms with Crippen molar-refractivity contribution >= 4 is 11.6 Å². The largest absolute Gasteiger partial charge is 0.421 e. The number of alkyl halides is 6. The minimum Gasteiger partial charge on any atom is -0.325 e. The highest BCUT2D eigenvalue weighted by Crippen LogP contribution is 2.30. The van der Waals surface area contributed by atoms with Crippen molar-refractivity contribution in [3.8, 4) is 0 Å². The summed E-state index contributed by atoms with van der Waals surface area (Å²) in [7, 11) is 0. The molecule has 134 valence electrons. The van der Waals surface area contributed by atoms with Crippen LogP contribution in [-0.2, 0) is 23.7 Å². The molecule has 1 aromatic carbocycles. The smallest absolute Gasteiger partial charge is 0.325 e. The van der Waals surface area contributed by atoms with Crippen LogP contribution < -0.4 is 10.9 Å². The molecule has 1 aromatic heterocycles. The van der Waals surface area contributed by atoms with Gasteiger partial charge in [-0.1, -0.05) is 6.07 Å². The Morgan fingerprint density at radius 3 is 2.28 bits per heavy atom. The maximum Gasteiger partial charge on any atom is 0.421 e. The van der Waals surface area contributed by atoms with E-state index in [1.807, 2.05) is 0 Å². The molecule has 1 N–H and O–H groups in total. The number of nitrogens with zero attached hydrogens (tertiary/aromatic N) is 1. The fourth-order valence-electron chi connectivity index (χ4n) is 2.01. The van der Waals surface area contributed by atoms with Gasteiger partial charge in [0.15, 0.2) is 0 Å². The molecule has 0 saturated heterocycles. The fraction of sp³-hybridized carbons (Fsp3) is 0.200. The Bertz CT molecular complexity index is 839. The standard InChI is InChI=1S/C15H10F6N2O2/c16-14(17,18)9-3-1-4-10(7-9)22-12(24)8-23-6-2-5-11(13(23)25)15(19,20)21/h1-7H,8H2,(H,22,24). The van der Waals surface area contributed by atoms with Crippen LogP contribution in [0.5, 0.6) is 0 Å². The number of benzene rings is 1. The van der Waals surface area contributed by atoms with Gasteiger partial charge in [0.2, 0.25) is 5.91 Å². The van der Waals surface area contributed by atoms with E-state index in [-0.39, 0.29) is 5.69 Å². The molecule has 25 heavy (non-hydrogen) atoms. The normalized spacial score (nSPS) is 12.1. The summed E-state index contributed by atoms with van der Waals surface area (Å²) in [6.07, 6.45) is -8.51. The van der Waals surface area contributed by atoms with Crippen LogP contribution in [0.2, 0.25) is 0 Å². The molecule has 0 aliphatic heterocycles. The number of hydrogen-bond donors (Lipinski definition) is 1. The second-order valence-electron chi connectivity index (χ2n) is 4.98. The summed E-state index contributed by atoms with van der Waals surface area (Å²) in [5, 5.41) is 2.11. The quantitative estimate of drug-likeness (QED) is 0.848. The predicted octanol–water partition coefficient (Wildman–Crippen LogP) is 3.52. The number of carbonyl (C=O) groups excluding carboxylic acids is 1. The molecule has 0 unspecified atom stereocenters. The molecule has 4 nitrogen and oxygen atoms in total. The first-order valence-corrected chi connectivity index (χ1v) is 6.72. The number of halogens is 6. The van der Waals surface area contributed by atoms with Gasteiger partial charge < -0.3 is 9.88 Å². The molecule has 2 rings (SSSR count). The zero-order valence-corrected chi connectivity index (χ0v) is 12.3. The molecule has 0 radical (unpaired) electrons. The highest BCUT2D eigenvalue weighted by molar-refractivity contribution is 5.90. The van der Waals surface area contributed by atoms with Gasteiger partial charge in [0, 0.05) is 11.9 Å². The number of rotatable bonds is 3. The molecule has 0 aliphatic carbocycles. The Morgan fingerprint density at radius 1 is 1.00 bits per heavy atom. The molecule has 2 aromatic rings. The Hall–Kier alpha value is -2.78. The maximum atomic E-state index is 12.6. The Labute approximate surface area is 136 Å². The van der Waals surface area contributed by atoms with Crippen LogP contribution in [0.25, 0.3) is 0 Å². The highest BCUT2D eigenvalue weighted by atomic mass is 19.4. The van der Waals surface area contributed by atoms with E-state index in [0.29, 0.717) is 16.7 Å². The van der Waals surface area contributed by atoms with Gasteiger partial charge in [0.25, 0.3) is 5.56 Å². The van der Waals surface area contributed by atoms with E-state index < -0.39 is 41.5 Å². The lowest BCUT2D eigenvalue weighted by Crippen LogP contribution is -2.32. The van der Waals surface area contributed by atoms with Gasteiger partial charge in [-0.3, -0.25) is 9.59 Å². The van der Waals surface area contributed by atoms with Gasteiger partial charge in [0.1, 0.15) is 12.1 Å². The van der Waals surface area contributed by atoms with E-state index in [1.54, 1.807) is 0 Å². The van der Waals surface area contributed by atoms with Crippen molar-refractivity contribution in [3.63, 3.8) is 0 Å². The Kier molecular flexibility index (Phi) is 4.91. The molecule has 0 spiro atoms. The van der Waals surface area contributed by atoms with E-state index in [0.717, 1.165) is 24.4 Å². The number of amides is 1. The summed E-state index contributed by atoms with van der Waals surface area (Å²) < 4.78 is 76.3. The predicted molar refractivity (Wildman–Crippen MR) is 75.8 cm³/mol. The molecule has 0 bridgehead atoms. The first-order chi connectivity index (χ1) is 11.5. The van der Waals surface area contributed by atoms with Crippen molar-refractivity contribution in [2.75, 3.05) is 5.32 Å². The number of pyridine rings is 1. The molecule has 1 amide bonds. The van der Waals surface area contributed by atoms with Gasteiger partial charge in [-0.25, -0.2) is 0 Å². The fourth-order valence-corrected chi connectivity index (χ4v) is 2.01. The lowest BCUT2D eigenvalue weighted by Gasteiger charge is -2.12. The summed E-state index contributed by atoms with van der Waals surface area (Å²) in [6.45, 7) is -0.779. The van der Waals surface area contributed by atoms with Gasteiger partial charge in [-0.05, 0) is 30.3 Å². The molecular weight excluding hydrogens is 354 g/mol. The number of anilines is 1. The van der Waals surface area contributed by atoms with Crippen molar-refractivity contribution in [2.45, 2.75) is 18.9 Å². The third kappa shape index (κ3) is 4.61. The number of nitrogens with one attached hydrogen (secondary N) is 1. The zero-order chi connectivity index (χ0) is 18.8. The van der Waals surface area contributed by atoms with Crippen LogP contribution >= 0.6 is 0 Å². The first kappa shape index (κ1) is 18.6. The van der Waals surface area contributed by atoms with E-state index in [2.05, 4.69) is 5.32 Å². The minimum atomic E-state index is -4.88. The van der Waals surface area contributed by atoms with Gasteiger partial charge in [0.05, 0.1) is 5.56 Å². The summed E-state index contributed by atoms with van der Waals surface area (Å²) in [5.41, 5.74) is -4.06. The zero-order valence-electron chi connectivity index (χ0n) is 12.3. The molecular formula is C15H10F6N2O2. The third-order valence-electron chi connectivity index (χ3n) is 3.11. The van der Waals surface area contributed by atoms with Gasteiger partial charge in [-0.15, -0.1) is 0 Å². The lowest BCUT2D eigenvalue weighted by atomic mass is 10.2. The average molecular weight is 364 g/mol. The van der Waals surface area contributed by atoms with E-state index in [1.165, 1.54) is 6.07 Å². The SMILES string of the molecule is O=C(Cn1cccc(C(F)(F)F)c1=O)Nc1cccc(C(F)(F)F)c1. The van der Waals surface area contributed by atoms with Crippen LogP contribution in [0, 0.1) is 0 Å². The van der Waals surface area contributed by atoms with E-state index in [9.17, 15) is 35.9 Å². The first-order valence-electron chi connectivity index (χ1n) is 6.72. The number of hydrogen-bond acceptors (Lipinski definition) is 2. The summed E-state index contributed by atoms with van der Waals surface area (Å²) in [6, 6.07) is 5.24. The van der Waals surface area contributed by atoms with E-state index >= 15 is 0 Å². The van der Waals surface area contributed by atoms with E-state index in [4.69, 9.17) is 0 Å². The Morgan fingerprint density at radius 2 is 1.68 bits per heavy atom. The van der Waals surface area contributed by atoms with Crippen LogP contribution in [-0.4, -0.2) is 10.5 Å². The van der Waals surface area contributed by atoms with Crippen LogP contribution in [0.4, 0.5) is 32.0 Å². The maximum absolute atomic E-state index is 12.6. The summed E-state index contributed by atoms with van der Waals surface area (Å²) >= 11 is 0. The third-order valence-corrected chi connectivity index (χ3v) is 3.11. The van der Waals surface area contributed by atoms with Crippen LogP contribution in [0.1, 0.15) is 11.1 Å². The van der Waals surface area contributed by atoms with Crippen molar-refractivity contribution in [2.24, 2.45) is 0 Å². The molecule has 0 saturated carbocycles. The minimum absolute atomic E-state index is 0.195. The van der Waals surface area contributed by atoms with Crippen LogP contribution in [0.15, 0.2) is 47.4 Å².